The standard InChI is InChI=1S/C18H26N2O4S/c1-13(2)15-5-7-16(8-6-15)20(14(3)21)11-18(22)19(4)17-9-10-25(23,24)12-17/h5-8,13,17H,9-12H2,1-4H3. The zero-order chi connectivity index (χ0) is 18.8. The Hall–Kier alpha value is -1.89. The van der Waals surface area contributed by atoms with E-state index in [1.807, 2.05) is 24.3 Å². The smallest absolute Gasteiger partial charge is 0.242 e. The minimum absolute atomic E-state index is 0.00159. The minimum Gasteiger partial charge on any atom is -0.340 e. The number of hydrogen-bond donors (Lipinski definition) is 0. The van der Waals surface area contributed by atoms with Crippen LogP contribution in [0.3, 0.4) is 0 Å². The van der Waals surface area contributed by atoms with Gasteiger partial charge in [-0.2, -0.15) is 0 Å². The average Bonchev–Trinajstić information content (AvgIpc) is 2.91. The van der Waals surface area contributed by atoms with Crippen LogP contribution in [0, 0.1) is 0 Å². The van der Waals surface area contributed by atoms with Gasteiger partial charge in [0.15, 0.2) is 9.84 Å². The van der Waals surface area contributed by atoms with Crippen molar-refractivity contribution in [3.63, 3.8) is 0 Å². The van der Waals surface area contributed by atoms with Gasteiger partial charge in [0.25, 0.3) is 0 Å². The monoisotopic (exact) mass is 366 g/mol. The zero-order valence-electron chi connectivity index (χ0n) is 15.2. The first-order chi connectivity index (χ1) is 11.6. The van der Waals surface area contributed by atoms with Crippen LogP contribution in [0.4, 0.5) is 5.69 Å². The summed E-state index contributed by atoms with van der Waals surface area (Å²) in [5.74, 6) is 0.0149. The summed E-state index contributed by atoms with van der Waals surface area (Å²) in [4.78, 5) is 27.4. The average molecular weight is 366 g/mol. The van der Waals surface area contributed by atoms with Crippen molar-refractivity contribution >= 4 is 27.3 Å². The summed E-state index contributed by atoms with van der Waals surface area (Å²) in [6.07, 6.45) is 0.452. The lowest BCUT2D eigenvalue weighted by Crippen LogP contribution is -2.45. The van der Waals surface area contributed by atoms with Crippen molar-refractivity contribution in [1.82, 2.24) is 4.90 Å². The van der Waals surface area contributed by atoms with E-state index >= 15 is 0 Å². The van der Waals surface area contributed by atoms with Gasteiger partial charge in [0.1, 0.15) is 6.54 Å². The number of sulfone groups is 1. The van der Waals surface area contributed by atoms with Gasteiger partial charge in [-0.15, -0.1) is 0 Å². The molecular weight excluding hydrogens is 340 g/mol. The fourth-order valence-corrected chi connectivity index (χ4v) is 4.73. The quantitative estimate of drug-likeness (QED) is 0.796. The Balaban J connectivity index is 2.10. The summed E-state index contributed by atoms with van der Waals surface area (Å²) >= 11 is 0. The maximum atomic E-state index is 12.5. The van der Waals surface area contributed by atoms with Crippen molar-refractivity contribution in [3.05, 3.63) is 29.8 Å². The van der Waals surface area contributed by atoms with Crippen molar-refractivity contribution < 1.29 is 18.0 Å². The van der Waals surface area contributed by atoms with Crippen molar-refractivity contribution in [1.29, 1.82) is 0 Å². The van der Waals surface area contributed by atoms with Gasteiger partial charge in [0, 0.05) is 25.7 Å². The van der Waals surface area contributed by atoms with Gasteiger partial charge in [-0.3, -0.25) is 9.59 Å². The van der Waals surface area contributed by atoms with Gasteiger partial charge in [-0.05, 0) is 30.0 Å². The summed E-state index contributed by atoms with van der Waals surface area (Å²) < 4.78 is 23.2. The van der Waals surface area contributed by atoms with Crippen molar-refractivity contribution in [2.75, 3.05) is 30.0 Å². The molecule has 1 aromatic rings. The normalized spacial score (nSPS) is 19.0. The molecule has 1 unspecified atom stereocenters. The SMILES string of the molecule is CC(=O)N(CC(=O)N(C)C1CCS(=O)(=O)C1)c1ccc(C(C)C)cc1. The van der Waals surface area contributed by atoms with E-state index in [0.717, 1.165) is 5.56 Å². The Morgan fingerprint density at radius 3 is 2.24 bits per heavy atom. The van der Waals surface area contributed by atoms with E-state index in [1.165, 1.54) is 16.7 Å². The van der Waals surface area contributed by atoms with E-state index in [1.54, 1.807) is 7.05 Å². The third kappa shape index (κ3) is 4.81. The molecule has 0 N–H and O–H groups in total. The summed E-state index contributed by atoms with van der Waals surface area (Å²) in [6, 6.07) is 7.27. The van der Waals surface area contributed by atoms with Crippen LogP contribution in [0.25, 0.3) is 0 Å². The molecule has 6 nitrogen and oxygen atoms in total. The number of carbonyl (C=O) groups is 2. The van der Waals surface area contributed by atoms with Gasteiger partial charge >= 0.3 is 0 Å². The molecular formula is C18H26N2O4S. The number of carbonyl (C=O) groups excluding carboxylic acids is 2. The number of nitrogens with zero attached hydrogens (tertiary/aromatic N) is 2. The topological polar surface area (TPSA) is 74.8 Å². The number of amides is 2. The molecule has 7 heteroatoms. The number of rotatable bonds is 5. The van der Waals surface area contributed by atoms with E-state index in [9.17, 15) is 18.0 Å². The van der Waals surface area contributed by atoms with Crippen LogP contribution >= 0.6 is 0 Å². The van der Waals surface area contributed by atoms with Crippen molar-refractivity contribution in [2.45, 2.75) is 39.2 Å². The predicted octanol–water partition coefficient (Wildman–Crippen LogP) is 1.81. The molecule has 1 atom stereocenters. The molecule has 0 saturated carbocycles. The van der Waals surface area contributed by atoms with Crippen LogP contribution < -0.4 is 4.90 Å². The van der Waals surface area contributed by atoms with Gasteiger partial charge < -0.3 is 9.80 Å². The van der Waals surface area contributed by atoms with Crippen molar-refractivity contribution in [3.8, 4) is 0 Å². The first kappa shape index (κ1) is 19.4. The molecule has 0 radical (unpaired) electrons. The van der Waals surface area contributed by atoms with Crippen LogP contribution in [0.15, 0.2) is 24.3 Å². The van der Waals surface area contributed by atoms with Gasteiger partial charge in [-0.1, -0.05) is 26.0 Å². The maximum absolute atomic E-state index is 12.5. The first-order valence-electron chi connectivity index (χ1n) is 8.45. The summed E-state index contributed by atoms with van der Waals surface area (Å²) in [6.45, 7) is 5.50. The van der Waals surface area contributed by atoms with E-state index in [0.29, 0.717) is 18.0 Å². The number of likely N-dealkylation sites (N-methyl/N-ethyl adjacent to an activating group) is 1. The molecule has 2 rings (SSSR count). The molecule has 0 bridgehead atoms. The fourth-order valence-electron chi connectivity index (χ4n) is 2.95. The molecule has 2 amide bonds. The van der Waals surface area contributed by atoms with Crippen LogP contribution in [-0.2, 0) is 19.4 Å². The molecule has 1 heterocycles. The van der Waals surface area contributed by atoms with Crippen LogP contribution in [0.5, 0.6) is 0 Å². The fraction of sp³-hybridized carbons (Fsp3) is 0.556. The number of benzene rings is 1. The van der Waals surface area contributed by atoms with Crippen LogP contribution in [0.1, 0.15) is 38.7 Å². The Labute approximate surface area is 149 Å². The van der Waals surface area contributed by atoms with E-state index in [-0.39, 0.29) is 35.9 Å². The molecule has 1 aliphatic rings. The Morgan fingerprint density at radius 1 is 1.20 bits per heavy atom. The van der Waals surface area contributed by atoms with Gasteiger partial charge in [0.05, 0.1) is 11.5 Å². The predicted molar refractivity (Wildman–Crippen MR) is 98.4 cm³/mol. The lowest BCUT2D eigenvalue weighted by Gasteiger charge is -2.28. The molecule has 1 fully saturated rings. The highest BCUT2D eigenvalue weighted by Gasteiger charge is 2.33. The molecule has 1 aliphatic heterocycles. The Bertz CT molecular complexity index is 741. The second-order valence-corrected chi connectivity index (χ2v) is 9.14. The molecule has 138 valence electrons. The third-order valence-electron chi connectivity index (χ3n) is 4.69. The highest BCUT2D eigenvalue weighted by atomic mass is 32.2. The van der Waals surface area contributed by atoms with Crippen LogP contribution in [0.2, 0.25) is 0 Å². The third-order valence-corrected chi connectivity index (χ3v) is 6.44. The van der Waals surface area contributed by atoms with Gasteiger partial charge in [0.2, 0.25) is 11.8 Å². The molecule has 25 heavy (non-hydrogen) atoms. The van der Waals surface area contributed by atoms with Gasteiger partial charge in [-0.25, -0.2) is 8.42 Å². The highest BCUT2D eigenvalue weighted by Crippen LogP contribution is 2.21. The van der Waals surface area contributed by atoms with E-state index in [2.05, 4.69) is 13.8 Å². The lowest BCUT2D eigenvalue weighted by atomic mass is 10.0. The van der Waals surface area contributed by atoms with E-state index < -0.39 is 9.84 Å². The Kier molecular flexibility index (Phi) is 5.87. The molecule has 0 aliphatic carbocycles. The first-order valence-corrected chi connectivity index (χ1v) is 10.3. The van der Waals surface area contributed by atoms with E-state index in [4.69, 9.17) is 0 Å². The summed E-state index contributed by atoms with van der Waals surface area (Å²) in [5, 5.41) is 0. The number of anilines is 1. The van der Waals surface area contributed by atoms with Crippen molar-refractivity contribution in [2.24, 2.45) is 0 Å². The molecule has 1 aromatic carbocycles. The minimum atomic E-state index is -3.06. The van der Waals surface area contributed by atoms with Crippen LogP contribution in [-0.4, -0.2) is 56.3 Å². The lowest BCUT2D eigenvalue weighted by molar-refractivity contribution is -0.131. The zero-order valence-corrected chi connectivity index (χ0v) is 16.0. The number of hydrogen-bond acceptors (Lipinski definition) is 4. The highest BCUT2D eigenvalue weighted by molar-refractivity contribution is 7.91. The maximum Gasteiger partial charge on any atom is 0.242 e. The second-order valence-electron chi connectivity index (χ2n) is 6.91. The molecule has 0 spiro atoms. The molecule has 0 aromatic heterocycles. The summed E-state index contributed by atoms with van der Waals surface area (Å²) in [5.41, 5.74) is 1.82. The molecule has 1 saturated heterocycles. The largest absolute Gasteiger partial charge is 0.340 e. The second kappa shape index (κ2) is 7.56. The Morgan fingerprint density at radius 2 is 1.80 bits per heavy atom. The summed E-state index contributed by atoms with van der Waals surface area (Å²) in [7, 11) is -1.45.